The summed E-state index contributed by atoms with van der Waals surface area (Å²) < 4.78 is 13.5. The van der Waals surface area contributed by atoms with Crippen LogP contribution in [0, 0.1) is 5.82 Å². The zero-order valence-corrected chi connectivity index (χ0v) is 13.7. The van der Waals surface area contributed by atoms with E-state index < -0.39 is 0 Å². The first-order chi connectivity index (χ1) is 10.1. The molecule has 0 amide bonds. The van der Waals surface area contributed by atoms with E-state index in [4.69, 9.17) is 0 Å². The summed E-state index contributed by atoms with van der Waals surface area (Å²) in [6, 6.07) is 7.43. The summed E-state index contributed by atoms with van der Waals surface area (Å²) in [5.74, 6) is -0.134. The van der Waals surface area contributed by atoms with E-state index in [0.29, 0.717) is 6.04 Å². The van der Waals surface area contributed by atoms with Gasteiger partial charge in [0.1, 0.15) is 5.82 Å². The number of nitrogens with one attached hydrogen (secondary N) is 1. The number of benzene rings is 1. The molecule has 2 rings (SSSR count). The third-order valence-corrected chi connectivity index (χ3v) is 5.04. The minimum atomic E-state index is -0.134. The SMILES string of the molecule is CCNC(Cc1cccc(F)c1)C1(N(C)C)CCCCC1. The van der Waals surface area contributed by atoms with Crippen molar-refractivity contribution in [2.24, 2.45) is 0 Å². The molecule has 1 aliphatic carbocycles. The first kappa shape index (κ1) is 16.4. The van der Waals surface area contributed by atoms with Crippen LogP contribution in [0.25, 0.3) is 0 Å². The number of likely N-dealkylation sites (N-methyl/N-ethyl adjacent to an activating group) is 2. The second-order valence-corrected chi connectivity index (χ2v) is 6.50. The van der Waals surface area contributed by atoms with Gasteiger partial charge in [-0.25, -0.2) is 4.39 Å². The van der Waals surface area contributed by atoms with Gasteiger partial charge in [-0.1, -0.05) is 38.3 Å². The van der Waals surface area contributed by atoms with E-state index in [1.807, 2.05) is 12.1 Å². The van der Waals surface area contributed by atoms with Gasteiger partial charge >= 0.3 is 0 Å². The van der Waals surface area contributed by atoms with Gasteiger partial charge in [-0.3, -0.25) is 0 Å². The maximum atomic E-state index is 13.5. The molecule has 0 aliphatic heterocycles. The maximum Gasteiger partial charge on any atom is 0.123 e. The van der Waals surface area contributed by atoms with E-state index in [2.05, 4.69) is 31.2 Å². The molecule has 118 valence electrons. The Kier molecular flexibility index (Phi) is 5.77. The summed E-state index contributed by atoms with van der Waals surface area (Å²) in [6.07, 6.45) is 7.28. The van der Waals surface area contributed by atoms with Crippen LogP contribution in [0.4, 0.5) is 4.39 Å². The zero-order chi connectivity index (χ0) is 15.3. The fourth-order valence-corrected chi connectivity index (χ4v) is 3.87. The van der Waals surface area contributed by atoms with E-state index >= 15 is 0 Å². The predicted octanol–water partition coefficient (Wildman–Crippen LogP) is 3.61. The molecule has 1 saturated carbocycles. The van der Waals surface area contributed by atoms with Gasteiger partial charge in [-0.15, -0.1) is 0 Å². The van der Waals surface area contributed by atoms with Crippen LogP contribution in [0.3, 0.4) is 0 Å². The summed E-state index contributed by atoms with van der Waals surface area (Å²) >= 11 is 0. The lowest BCUT2D eigenvalue weighted by Crippen LogP contribution is -2.60. The number of nitrogens with zero attached hydrogens (tertiary/aromatic N) is 1. The summed E-state index contributed by atoms with van der Waals surface area (Å²) in [5, 5.41) is 3.68. The van der Waals surface area contributed by atoms with Crippen LogP contribution in [0.15, 0.2) is 24.3 Å². The van der Waals surface area contributed by atoms with Gasteiger partial charge in [0.05, 0.1) is 0 Å². The van der Waals surface area contributed by atoms with Crippen LogP contribution >= 0.6 is 0 Å². The van der Waals surface area contributed by atoms with Crippen LogP contribution in [0.2, 0.25) is 0 Å². The van der Waals surface area contributed by atoms with E-state index in [-0.39, 0.29) is 11.4 Å². The standard InChI is InChI=1S/C18H29FN2/c1-4-20-17(14-15-9-8-10-16(19)13-15)18(21(2)3)11-6-5-7-12-18/h8-10,13,17,20H,4-7,11-12,14H2,1-3H3. The first-order valence-electron chi connectivity index (χ1n) is 8.24. The minimum absolute atomic E-state index is 0.134. The lowest BCUT2D eigenvalue weighted by Gasteiger charge is -2.49. The Morgan fingerprint density at radius 1 is 1.24 bits per heavy atom. The summed E-state index contributed by atoms with van der Waals surface area (Å²) in [4.78, 5) is 2.40. The third kappa shape index (κ3) is 3.83. The molecule has 21 heavy (non-hydrogen) atoms. The van der Waals surface area contributed by atoms with Gasteiger partial charge in [0, 0.05) is 11.6 Å². The Morgan fingerprint density at radius 2 is 1.95 bits per heavy atom. The molecule has 0 aromatic heterocycles. The van der Waals surface area contributed by atoms with Crippen LogP contribution in [-0.2, 0) is 6.42 Å². The quantitative estimate of drug-likeness (QED) is 0.861. The van der Waals surface area contributed by atoms with Crippen LogP contribution in [0.5, 0.6) is 0 Å². The smallest absolute Gasteiger partial charge is 0.123 e. The topological polar surface area (TPSA) is 15.3 Å². The summed E-state index contributed by atoms with van der Waals surface area (Å²) in [6.45, 7) is 3.11. The summed E-state index contributed by atoms with van der Waals surface area (Å²) in [5.41, 5.74) is 1.29. The Morgan fingerprint density at radius 3 is 2.52 bits per heavy atom. The van der Waals surface area contributed by atoms with Crippen molar-refractivity contribution in [1.82, 2.24) is 10.2 Å². The largest absolute Gasteiger partial charge is 0.312 e. The fraction of sp³-hybridized carbons (Fsp3) is 0.667. The predicted molar refractivity (Wildman–Crippen MR) is 87.1 cm³/mol. The van der Waals surface area contributed by atoms with Crippen molar-refractivity contribution in [3.8, 4) is 0 Å². The van der Waals surface area contributed by atoms with Gasteiger partial charge in [0.2, 0.25) is 0 Å². The minimum Gasteiger partial charge on any atom is -0.312 e. The van der Waals surface area contributed by atoms with Crippen LogP contribution in [-0.4, -0.2) is 37.1 Å². The number of rotatable bonds is 6. The molecule has 1 unspecified atom stereocenters. The van der Waals surface area contributed by atoms with E-state index in [1.54, 1.807) is 6.07 Å². The number of hydrogen-bond donors (Lipinski definition) is 1. The lowest BCUT2D eigenvalue weighted by atomic mass is 9.73. The molecule has 1 atom stereocenters. The molecule has 1 aromatic rings. The van der Waals surface area contributed by atoms with Crippen LogP contribution < -0.4 is 5.32 Å². The molecule has 0 radical (unpaired) electrons. The highest BCUT2D eigenvalue weighted by atomic mass is 19.1. The lowest BCUT2D eigenvalue weighted by molar-refractivity contribution is 0.0574. The van der Waals surface area contributed by atoms with E-state index in [0.717, 1.165) is 18.5 Å². The van der Waals surface area contributed by atoms with Gasteiger partial charge in [0.15, 0.2) is 0 Å². The normalized spacial score (nSPS) is 19.7. The highest BCUT2D eigenvalue weighted by Crippen LogP contribution is 2.36. The summed E-state index contributed by atoms with van der Waals surface area (Å²) in [7, 11) is 4.39. The van der Waals surface area contributed by atoms with E-state index in [1.165, 1.54) is 38.2 Å². The van der Waals surface area contributed by atoms with Crippen molar-refractivity contribution >= 4 is 0 Å². The number of halogens is 1. The Balaban J connectivity index is 2.23. The van der Waals surface area contributed by atoms with Crippen LogP contribution in [0.1, 0.15) is 44.6 Å². The molecule has 0 saturated heterocycles. The Bertz CT molecular complexity index is 439. The van der Waals surface area contributed by atoms with Gasteiger partial charge in [-0.05, 0) is 57.6 Å². The molecule has 2 nitrogen and oxygen atoms in total. The molecule has 1 aromatic carbocycles. The maximum absolute atomic E-state index is 13.5. The molecule has 0 heterocycles. The van der Waals surface area contributed by atoms with E-state index in [9.17, 15) is 4.39 Å². The average molecular weight is 292 g/mol. The third-order valence-electron chi connectivity index (χ3n) is 5.04. The molecular weight excluding hydrogens is 263 g/mol. The zero-order valence-electron chi connectivity index (χ0n) is 13.7. The first-order valence-corrected chi connectivity index (χ1v) is 8.24. The molecule has 1 N–H and O–H groups in total. The van der Waals surface area contributed by atoms with Gasteiger partial charge < -0.3 is 10.2 Å². The van der Waals surface area contributed by atoms with Crippen molar-refractivity contribution in [2.75, 3.05) is 20.6 Å². The van der Waals surface area contributed by atoms with Crippen molar-refractivity contribution in [1.29, 1.82) is 0 Å². The molecule has 1 aliphatic rings. The Hall–Kier alpha value is -0.930. The fourth-order valence-electron chi connectivity index (χ4n) is 3.87. The molecular formula is C18H29FN2. The van der Waals surface area contributed by atoms with Crippen molar-refractivity contribution in [2.45, 2.75) is 57.0 Å². The number of hydrogen-bond acceptors (Lipinski definition) is 2. The second-order valence-electron chi connectivity index (χ2n) is 6.50. The molecule has 3 heteroatoms. The van der Waals surface area contributed by atoms with Gasteiger partial charge in [-0.2, -0.15) is 0 Å². The highest BCUT2D eigenvalue weighted by Gasteiger charge is 2.41. The van der Waals surface area contributed by atoms with Gasteiger partial charge in [0.25, 0.3) is 0 Å². The molecule has 1 fully saturated rings. The monoisotopic (exact) mass is 292 g/mol. The van der Waals surface area contributed by atoms with Crippen molar-refractivity contribution < 1.29 is 4.39 Å². The molecule has 0 spiro atoms. The van der Waals surface area contributed by atoms with Crippen molar-refractivity contribution in [3.05, 3.63) is 35.6 Å². The Labute approximate surface area is 128 Å². The average Bonchev–Trinajstić information content (AvgIpc) is 2.47. The van der Waals surface area contributed by atoms with Crippen molar-refractivity contribution in [3.63, 3.8) is 0 Å². The highest BCUT2D eigenvalue weighted by molar-refractivity contribution is 5.19. The molecule has 0 bridgehead atoms. The second kappa shape index (κ2) is 7.37.